The number of piperazine rings is 1. The number of nitrogens with zero attached hydrogens (tertiary/aromatic N) is 4. The Morgan fingerprint density at radius 2 is 2.00 bits per heavy atom. The van der Waals surface area contributed by atoms with Crippen LogP contribution in [0.15, 0.2) is 53.4 Å². The number of aromatic nitrogens is 2. The lowest BCUT2D eigenvalue weighted by atomic mass is 10.2. The molecule has 27 heavy (non-hydrogen) atoms. The van der Waals surface area contributed by atoms with E-state index in [-0.39, 0.29) is 11.9 Å². The van der Waals surface area contributed by atoms with E-state index in [1.807, 2.05) is 43.5 Å². The molecular formula is C20H25N5O2. The van der Waals surface area contributed by atoms with Crippen molar-refractivity contribution in [3.05, 3.63) is 60.4 Å². The van der Waals surface area contributed by atoms with Crippen molar-refractivity contribution in [3.63, 3.8) is 0 Å². The Morgan fingerprint density at radius 1 is 1.19 bits per heavy atom. The van der Waals surface area contributed by atoms with Gasteiger partial charge >= 0.3 is 0 Å². The second-order valence-electron chi connectivity index (χ2n) is 7.06. The predicted octanol–water partition coefficient (Wildman–Crippen LogP) is 1.92. The Bertz CT molecular complexity index is 848. The summed E-state index contributed by atoms with van der Waals surface area (Å²) in [6, 6.07) is 9.63. The molecule has 1 N–H and O–H groups in total. The number of imidazole rings is 1. The second-order valence-corrected chi connectivity index (χ2v) is 7.06. The summed E-state index contributed by atoms with van der Waals surface area (Å²) in [7, 11) is 0. The molecule has 0 saturated carbocycles. The highest BCUT2D eigenvalue weighted by Gasteiger charge is 2.21. The van der Waals surface area contributed by atoms with E-state index in [4.69, 9.17) is 4.42 Å². The van der Waals surface area contributed by atoms with Crippen molar-refractivity contribution in [2.75, 3.05) is 32.7 Å². The van der Waals surface area contributed by atoms with Crippen LogP contribution in [0.2, 0.25) is 0 Å². The third kappa shape index (κ3) is 4.37. The van der Waals surface area contributed by atoms with Crippen LogP contribution in [0.4, 0.5) is 0 Å². The van der Waals surface area contributed by atoms with Crippen molar-refractivity contribution in [3.8, 4) is 0 Å². The van der Waals surface area contributed by atoms with Crippen molar-refractivity contribution in [2.24, 2.45) is 0 Å². The molecular weight excluding hydrogens is 342 g/mol. The summed E-state index contributed by atoms with van der Waals surface area (Å²) in [4.78, 5) is 21.5. The minimum absolute atomic E-state index is 0.0349. The Labute approximate surface area is 158 Å². The number of pyridine rings is 1. The van der Waals surface area contributed by atoms with Crippen LogP contribution in [0.25, 0.3) is 5.65 Å². The summed E-state index contributed by atoms with van der Waals surface area (Å²) in [5.74, 6) is 0.813. The molecule has 0 radical (unpaired) electrons. The maximum Gasteiger partial charge on any atom is 0.234 e. The van der Waals surface area contributed by atoms with E-state index in [2.05, 4.69) is 30.7 Å². The summed E-state index contributed by atoms with van der Waals surface area (Å²) in [6.07, 6.45) is 5.73. The van der Waals surface area contributed by atoms with Gasteiger partial charge in [0.2, 0.25) is 5.91 Å². The van der Waals surface area contributed by atoms with Crippen LogP contribution in [-0.4, -0.2) is 57.8 Å². The van der Waals surface area contributed by atoms with Crippen LogP contribution in [0.5, 0.6) is 0 Å². The number of rotatable bonds is 6. The molecule has 0 aromatic carbocycles. The molecule has 1 saturated heterocycles. The van der Waals surface area contributed by atoms with Crippen LogP contribution in [-0.2, 0) is 11.3 Å². The summed E-state index contributed by atoms with van der Waals surface area (Å²) >= 11 is 0. The van der Waals surface area contributed by atoms with Gasteiger partial charge in [-0.15, -0.1) is 0 Å². The van der Waals surface area contributed by atoms with E-state index >= 15 is 0 Å². The highest BCUT2D eigenvalue weighted by Crippen LogP contribution is 2.13. The molecule has 4 heterocycles. The van der Waals surface area contributed by atoms with Gasteiger partial charge in [0, 0.05) is 45.1 Å². The monoisotopic (exact) mass is 367 g/mol. The lowest BCUT2D eigenvalue weighted by Crippen LogP contribution is -2.49. The smallest absolute Gasteiger partial charge is 0.234 e. The molecule has 1 aliphatic heterocycles. The summed E-state index contributed by atoms with van der Waals surface area (Å²) in [5.41, 5.74) is 2.06. The van der Waals surface area contributed by atoms with Crippen molar-refractivity contribution in [1.82, 2.24) is 24.5 Å². The Morgan fingerprint density at radius 3 is 2.74 bits per heavy atom. The molecule has 7 nitrogen and oxygen atoms in total. The van der Waals surface area contributed by atoms with E-state index in [0.29, 0.717) is 6.54 Å². The molecule has 3 aromatic rings. The lowest BCUT2D eigenvalue weighted by molar-refractivity contribution is -0.123. The Kier molecular flexibility index (Phi) is 5.22. The fourth-order valence-corrected chi connectivity index (χ4v) is 3.50. The first kappa shape index (κ1) is 17.8. The fraction of sp³-hybridized carbons (Fsp3) is 0.400. The van der Waals surface area contributed by atoms with Crippen molar-refractivity contribution in [2.45, 2.75) is 19.5 Å². The van der Waals surface area contributed by atoms with Gasteiger partial charge in [0.25, 0.3) is 0 Å². The van der Waals surface area contributed by atoms with Gasteiger partial charge in [-0.3, -0.25) is 14.6 Å². The average molecular weight is 367 g/mol. The first-order valence-electron chi connectivity index (χ1n) is 9.37. The molecule has 1 atom stereocenters. The largest absolute Gasteiger partial charge is 0.467 e. The quantitative estimate of drug-likeness (QED) is 0.721. The molecule has 4 rings (SSSR count). The molecule has 0 spiro atoms. The SMILES string of the molecule is CC(NC(=O)CN1CCN(Cc2cn3ccccc3n2)CC1)c1ccco1. The number of fused-ring (bicyclic) bond motifs is 1. The molecule has 1 fully saturated rings. The zero-order valence-electron chi connectivity index (χ0n) is 15.5. The number of hydrogen-bond acceptors (Lipinski definition) is 5. The minimum atomic E-state index is -0.108. The number of hydrogen-bond donors (Lipinski definition) is 1. The van der Waals surface area contributed by atoms with E-state index < -0.39 is 0 Å². The summed E-state index contributed by atoms with van der Waals surface area (Å²) in [6.45, 7) is 6.85. The van der Waals surface area contributed by atoms with Crippen LogP contribution < -0.4 is 5.32 Å². The molecule has 1 unspecified atom stereocenters. The molecule has 0 aliphatic carbocycles. The summed E-state index contributed by atoms with van der Waals surface area (Å²) in [5, 5.41) is 2.99. The molecule has 3 aromatic heterocycles. The Balaban J connectivity index is 1.23. The van der Waals surface area contributed by atoms with Crippen molar-refractivity contribution >= 4 is 11.6 Å². The van der Waals surface area contributed by atoms with Gasteiger partial charge in [-0.2, -0.15) is 0 Å². The Hall–Kier alpha value is -2.64. The predicted molar refractivity (Wildman–Crippen MR) is 102 cm³/mol. The van der Waals surface area contributed by atoms with Crippen LogP contribution >= 0.6 is 0 Å². The topological polar surface area (TPSA) is 66.0 Å². The van der Waals surface area contributed by atoms with Gasteiger partial charge < -0.3 is 14.1 Å². The fourth-order valence-electron chi connectivity index (χ4n) is 3.50. The molecule has 1 amide bonds. The highest BCUT2D eigenvalue weighted by molar-refractivity contribution is 5.78. The van der Waals surface area contributed by atoms with Gasteiger partial charge in [-0.05, 0) is 31.2 Å². The van der Waals surface area contributed by atoms with Crippen LogP contribution in [0.1, 0.15) is 24.4 Å². The zero-order chi connectivity index (χ0) is 18.6. The standard InChI is InChI=1S/C20H25N5O2/c1-16(18-5-4-12-27-18)21-20(26)15-24-10-8-23(9-11-24)13-17-14-25-7-3-2-6-19(25)22-17/h2-7,12,14,16H,8-11,13,15H2,1H3,(H,21,26). The van der Waals surface area contributed by atoms with Gasteiger partial charge in [-0.1, -0.05) is 6.07 Å². The van der Waals surface area contributed by atoms with Crippen molar-refractivity contribution in [1.29, 1.82) is 0 Å². The van der Waals surface area contributed by atoms with E-state index in [1.165, 1.54) is 0 Å². The normalized spacial score (nSPS) is 17.2. The highest BCUT2D eigenvalue weighted by atomic mass is 16.3. The van der Waals surface area contributed by atoms with Gasteiger partial charge in [0.05, 0.1) is 24.5 Å². The summed E-state index contributed by atoms with van der Waals surface area (Å²) < 4.78 is 7.39. The molecule has 142 valence electrons. The zero-order valence-corrected chi connectivity index (χ0v) is 15.5. The van der Waals surface area contributed by atoms with Crippen molar-refractivity contribution < 1.29 is 9.21 Å². The lowest BCUT2D eigenvalue weighted by Gasteiger charge is -2.34. The average Bonchev–Trinajstić information content (AvgIpc) is 3.32. The number of carbonyl (C=O) groups is 1. The number of nitrogens with one attached hydrogen (secondary N) is 1. The minimum Gasteiger partial charge on any atom is -0.467 e. The van der Waals surface area contributed by atoms with Gasteiger partial charge in [0.1, 0.15) is 11.4 Å². The van der Waals surface area contributed by atoms with Gasteiger partial charge in [0.15, 0.2) is 0 Å². The third-order valence-electron chi connectivity index (χ3n) is 4.98. The maximum absolute atomic E-state index is 12.3. The first-order chi connectivity index (χ1) is 13.2. The molecule has 7 heteroatoms. The number of furan rings is 1. The van der Waals surface area contributed by atoms with E-state index in [9.17, 15) is 4.79 Å². The van der Waals surface area contributed by atoms with Crippen LogP contribution in [0, 0.1) is 0 Å². The van der Waals surface area contributed by atoms with E-state index in [0.717, 1.165) is 49.8 Å². The van der Waals surface area contributed by atoms with Crippen LogP contribution in [0.3, 0.4) is 0 Å². The molecule has 1 aliphatic rings. The maximum atomic E-state index is 12.3. The number of carbonyl (C=O) groups excluding carboxylic acids is 1. The van der Waals surface area contributed by atoms with E-state index in [1.54, 1.807) is 6.26 Å². The third-order valence-corrected chi connectivity index (χ3v) is 4.98. The van der Waals surface area contributed by atoms with Gasteiger partial charge in [-0.25, -0.2) is 4.98 Å². The second kappa shape index (κ2) is 7.94. The number of amides is 1. The first-order valence-corrected chi connectivity index (χ1v) is 9.37. The molecule has 0 bridgehead atoms.